The van der Waals surface area contributed by atoms with Crippen LogP contribution in [0.1, 0.15) is 5.82 Å². The molecule has 0 unspecified atom stereocenters. The van der Waals surface area contributed by atoms with Gasteiger partial charge in [0.15, 0.2) is 0 Å². The van der Waals surface area contributed by atoms with Crippen LogP contribution in [-0.2, 0) is 6.42 Å². The lowest BCUT2D eigenvalue weighted by Gasteiger charge is -2.03. The monoisotopic (exact) mass is 234 g/mol. The molecule has 0 saturated carbocycles. The van der Waals surface area contributed by atoms with Crippen molar-refractivity contribution in [2.75, 3.05) is 6.54 Å². The van der Waals surface area contributed by atoms with E-state index in [1.165, 1.54) is 0 Å². The van der Waals surface area contributed by atoms with Gasteiger partial charge in [-0.25, -0.2) is 9.97 Å². The molecule has 2 N–H and O–H groups in total. The Morgan fingerprint density at radius 2 is 2.19 bits per heavy atom. The number of nitrogens with two attached hydrogens (primary N) is 1. The molecule has 0 bridgehead atoms. The zero-order valence-electron chi connectivity index (χ0n) is 8.60. The third-order valence-corrected chi connectivity index (χ3v) is 2.26. The topological polar surface area (TPSA) is 64.7 Å². The molecule has 4 nitrogen and oxygen atoms in total. The second kappa shape index (κ2) is 5.01. The zero-order valence-corrected chi connectivity index (χ0v) is 9.35. The van der Waals surface area contributed by atoms with Gasteiger partial charge in [0.1, 0.15) is 11.0 Å². The predicted molar refractivity (Wildman–Crippen MR) is 63.0 cm³/mol. The number of nitrogens with zero attached hydrogens (tertiary/aromatic N) is 3. The maximum absolute atomic E-state index is 5.92. The first-order chi connectivity index (χ1) is 7.79. The van der Waals surface area contributed by atoms with E-state index < -0.39 is 0 Å². The van der Waals surface area contributed by atoms with Crippen molar-refractivity contribution < 1.29 is 0 Å². The minimum absolute atomic E-state index is 0.428. The first kappa shape index (κ1) is 11.0. The van der Waals surface area contributed by atoms with Gasteiger partial charge in [0, 0.05) is 30.4 Å². The van der Waals surface area contributed by atoms with Gasteiger partial charge in [0.25, 0.3) is 0 Å². The van der Waals surface area contributed by atoms with Crippen LogP contribution in [0.3, 0.4) is 0 Å². The van der Waals surface area contributed by atoms with Crippen molar-refractivity contribution in [1.29, 1.82) is 0 Å². The van der Waals surface area contributed by atoms with E-state index in [-0.39, 0.29) is 0 Å². The number of aromatic nitrogens is 3. The Morgan fingerprint density at radius 1 is 1.31 bits per heavy atom. The van der Waals surface area contributed by atoms with Crippen LogP contribution in [0.5, 0.6) is 0 Å². The number of rotatable bonds is 3. The maximum Gasteiger partial charge on any atom is 0.133 e. The van der Waals surface area contributed by atoms with Gasteiger partial charge in [-0.2, -0.15) is 0 Å². The highest BCUT2D eigenvalue weighted by molar-refractivity contribution is 6.29. The van der Waals surface area contributed by atoms with E-state index in [1.54, 1.807) is 18.5 Å². The van der Waals surface area contributed by atoms with Gasteiger partial charge in [-0.1, -0.05) is 11.6 Å². The molecule has 16 heavy (non-hydrogen) atoms. The van der Waals surface area contributed by atoms with Gasteiger partial charge in [0.2, 0.25) is 0 Å². The van der Waals surface area contributed by atoms with Gasteiger partial charge in [0.05, 0.1) is 5.69 Å². The van der Waals surface area contributed by atoms with Crippen LogP contribution in [0.25, 0.3) is 11.3 Å². The molecule has 2 heterocycles. The minimum Gasteiger partial charge on any atom is -0.330 e. The lowest BCUT2D eigenvalue weighted by molar-refractivity contribution is 0.870. The normalized spacial score (nSPS) is 10.4. The van der Waals surface area contributed by atoms with E-state index in [2.05, 4.69) is 15.0 Å². The summed E-state index contributed by atoms with van der Waals surface area (Å²) in [7, 11) is 0. The van der Waals surface area contributed by atoms with Crippen molar-refractivity contribution in [3.63, 3.8) is 0 Å². The van der Waals surface area contributed by atoms with Crippen molar-refractivity contribution in [1.82, 2.24) is 15.0 Å². The van der Waals surface area contributed by atoms with Crippen molar-refractivity contribution >= 4 is 11.6 Å². The number of pyridine rings is 1. The number of hydrogen-bond donors (Lipinski definition) is 1. The molecular weight excluding hydrogens is 224 g/mol. The van der Waals surface area contributed by atoms with Gasteiger partial charge in [-0.05, 0) is 18.7 Å². The van der Waals surface area contributed by atoms with E-state index in [0.29, 0.717) is 23.9 Å². The average molecular weight is 235 g/mol. The van der Waals surface area contributed by atoms with Crippen LogP contribution in [0.15, 0.2) is 30.6 Å². The van der Waals surface area contributed by atoms with Gasteiger partial charge >= 0.3 is 0 Å². The van der Waals surface area contributed by atoms with Crippen LogP contribution >= 0.6 is 11.6 Å². The average Bonchev–Trinajstić information content (AvgIpc) is 2.30. The van der Waals surface area contributed by atoms with E-state index in [1.807, 2.05) is 12.1 Å². The quantitative estimate of drug-likeness (QED) is 0.821. The largest absolute Gasteiger partial charge is 0.330 e. The smallest absolute Gasteiger partial charge is 0.133 e. The van der Waals surface area contributed by atoms with Crippen LogP contribution in [0, 0.1) is 0 Å². The molecule has 2 aromatic heterocycles. The SMILES string of the molecule is NCCc1nc(Cl)cc(-c2cccnc2)n1. The lowest BCUT2D eigenvalue weighted by atomic mass is 10.2. The molecule has 0 fully saturated rings. The molecule has 0 radical (unpaired) electrons. The Kier molecular flexibility index (Phi) is 3.44. The van der Waals surface area contributed by atoms with Crippen LogP contribution in [0.4, 0.5) is 0 Å². The highest BCUT2D eigenvalue weighted by atomic mass is 35.5. The molecule has 0 aromatic carbocycles. The fourth-order valence-corrected chi connectivity index (χ4v) is 1.57. The Bertz CT molecular complexity index is 473. The number of hydrogen-bond acceptors (Lipinski definition) is 4. The fraction of sp³-hybridized carbons (Fsp3) is 0.182. The third kappa shape index (κ3) is 2.53. The molecule has 0 saturated heterocycles. The molecule has 2 rings (SSSR count). The second-order valence-corrected chi connectivity index (χ2v) is 3.66. The molecule has 0 spiro atoms. The number of halogens is 1. The van der Waals surface area contributed by atoms with Crippen molar-refractivity contribution in [3.8, 4) is 11.3 Å². The zero-order chi connectivity index (χ0) is 11.4. The van der Waals surface area contributed by atoms with Crippen LogP contribution in [0.2, 0.25) is 5.15 Å². The fourth-order valence-electron chi connectivity index (χ4n) is 1.37. The third-order valence-electron chi connectivity index (χ3n) is 2.07. The molecule has 0 amide bonds. The maximum atomic E-state index is 5.92. The molecule has 82 valence electrons. The Balaban J connectivity index is 2.41. The summed E-state index contributed by atoms with van der Waals surface area (Å²) >= 11 is 5.92. The van der Waals surface area contributed by atoms with Gasteiger partial charge in [-0.15, -0.1) is 0 Å². The minimum atomic E-state index is 0.428. The van der Waals surface area contributed by atoms with Crippen molar-refractivity contribution in [2.24, 2.45) is 5.73 Å². The first-order valence-corrected chi connectivity index (χ1v) is 5.31. The molecule has 0 aliphatic rings. The Morgan fingerprint density at radius 3 is 2.88 bits per heavy atom. The summed E-state index contributed by atoms with van der Waals surface area (Å²) < 4.78 is 0. The van der Waals surface area contributed by atoms with Gasteiger partial charge < -0.3 is 5.73 Å². The van der Waals surface area contributed by atoms with E-state index in [0.717, 1.165) is 11.3 Å². The van der Waals surface area contributed by atoms with Crippen LogP contribution < -0.4 is 5.73 Å². The summed E-state index contributed by atoms with van der Waals surface area (Å²) in [6.45, 7) is 0.507. The van der Waals surface area contributed by atoms with E-state index >= 15 is 0 Å². The molecule has 0 atom stereocenters. The van der Waals surface area contributed by atoms with Crippen LogP contribution in [-0.4, -0.2) is 21.5 Å². The molecular formula is C11H11ClN4. The van der Waals surface area contributed by atoms with Gasteiger partial charge in [-0.3, -0.25) is 4.98 Å². The summed E-state index contributed by atoms with van der Waals surface area (Å²) in [6, 6.07) is 5.50. The summed E-state index contributed by atoms with van der Waals surface area (Å²) in [4.78, 5) is 12.5. The summed E-state index contributed by atoms with van der Waals surface area (Å²) in [6.07, 6.45) is 4.08. The lowest BCUT2D eigenvalue weighted by Crippen LogP contribution is -2.07. The highest BCUT2D eigenvalue weighted by Crippen LogP contribution is 2.18. The van der Waals surface area contributed by atoms with E-state index in [4.69, 9.17) is 17.3 Å². The second-order valence-electron chi connectivity index (χ2n) is 3.27. The summed E-state index contributed by atoms with van der Waals surface area (Å²) in [5.74, 6) is 0.661. The summed E-state index contributed by atoms with van der Waals surface area (Å²) in [5.41, 5.74) is 7.16. The Hall–Kier alpha value is -1.52. The van der Waals surface area contributed by atoms with Crippen molar-refractivity contribution in [2.45, 2.75) is 6.42 Å². The molecule has 2 aromatic rings. The standard InChI is InChI=1S/C11H11ClN4/c12-10-6-9(8-2-1-5-14-7-8)15-11(16-10)3-4-13/h1-2,5-7H,3-4,13H2. The van der Waals surface area contributed by atoms with Crippen molar-refractivity contribution in [3.05, 3.63) is 41.6 Å². The molecule has 0 aliphatic carbocycles. The van der Waals surface area contributed by atoms with E-state index in [9.17, 15) is 0 Å². The first-order valence-electron chi connectivity index (χ1n) is 4.93. The summed E-state index contributed by atoms with van der Waals surface area (Å²) in [5, 5.41) is 0.428. The highest BCUT2D eigenvalue weighted by Gasteiger charge is 2.04. The molecule has 0 aliphatic heterocycles. The molecule has 5 heteroatoms. The predicted octanol–water partition coefficient (Wildman–Crippen LogP) is 1.69. The Labute approximate surface area is 98.5 Å².